The fourth-order valence-corrected chi connectivity index (χ4v) is 1.32. The topological polar surface area (TPSA) is 9.23 Å². The molecule has 1 atom stereocenters. The van der Waals surface area contributed by atoms with Crippen LogP contribution in [-0.4, -0.2) is 12.5 Å². The van der Waals surface area contributed by atoms with E-state index in [2.05, 4.69) is 4.74 Å². The van der Waals surface area contributed by atoms with E-state index in [9.17, 15) is 17.6 Å². The molecule has 0 radical (unpaired) electrons. The third-order valence-electron chi connectivity index (χ3n) is 2.55. The van der Waals surface area contributed by atoms with Crippen LogP contribution in [-0.2, 0) is 0 Å². The Hall–Kier alpha value is -1.26. The number of alkyl halides is 4. The average Bonchev–Trinajstić information content (AvgIpc) is 2.27. The van der Waals surface area contributed by atoms with Crippen molar-refractivity contribution in [1.29, 1.82) is 0 Å². The van der Waals surface area contributed by atoms with Crippen LogP contribution in [0.25, 0.3) is 0 Å². The second kappa shape index (κ2) is 5.38. The van der Waals surface area contributed by atoms with Crippen molar-refractivity contribution in [3.05, 3.63) is 29.8 Å². The number of rotatable bonds is 5. The van der Waals surface area contributed by atoms with Gasteiger partial charge in [-0.1, -0.05) is 26.0 Å². The summed E-state index contributed by atoms with van der Waals surface area (Å²) in [6.45, 7) is 3.87. The van der Waals surface area contributed by atoms with Crippen molar-refractivity contribution >= 4 is 0 Å². The third-order valence-corrected chi connectivity index (χ3v) is 2.55. The molecule has 17 heavy (non-hydrogen) atoms. The molecule has 0 amide bonds. The molecule has 0 aromatic heterocycles. The minimum Gasteiger partial charge on any atom is -0.428 e. The summed E-state index contributed by atoms with van der Waals surface area (Å²) in [4.78, 5) is 0. The normalized spacial score (nSPS) is 13.8. The van der Waals surface area contributed by atoms with E-state index in [1.165, 1.54) is 18.2 Å². The van der Waals surface area contributed by atoms with Crippen molar-refractivity contribution in [3.63, 3.8) is 0 Å². The molecule has 0 heterocycles. The lowest BCUT2D eigenvalue weighted by atomic mass is 9.99. The van der Waals surface area contributed by atoms with Gasteiger partial charge in [-0.25, -0.2) is 0 Å². The molecule has 0 saturated carbocycles. The number of halogens is 4. The first-order chi connectivity index (χ1) is 7.86. The highest BCUT2D eigenvalue weighted by Gasteiger charge is 2.43. The van der Waals surface area contributed by atoms with Gasteiger partial charge in [0.25, 0.3) is 0 Å². The first kappa shape index (κ1) is 13.8. The van der Waals surface area contributed by atoms with Crippen LogP contribution in [0.5, 0.6) is 5.75 Å². The first-order valence-electron chi connectivity index (χ1n) is 5.31. The number of ether oxygens (including phenoxy) is 1. The van der Waals surface area contributed by atoms with Crippen molar-refractivity contribution in [1.82, 2.24) is 0 Å². The minimum absolute atomic E-state index is 0.165. The summed E-state index contributed by atoms with van der Waals surface area (Å²) in [7, 11) is 0. The van der Waals surface area contributed by atoms with Crippen molar-refractivity contribution in [2.75, 3.05) is 0 Å². The van der Waals surface area contributed by atoms with E-state index in [1.54, 1.807) is 6.07 Å². The highest BCUT2D eigenvalue weighted by Crippen LogP contribution is 2.29. The standard InChI is InChI=1S/C12H14F4O/c1-3-8(2)9-5-4-6-10(7-9)17-12(15,16)11(13)14/h4-8,11H,3H2,1-2H3. The monoisotopic (exact) mass is 250 g/mol. The van der Waals surface area contributed by atoms with Gasteiger partial charge in [0.05, 0.1) is 0 Å². The summed E-state index contributed by atoms with van der Waals surface area (Å²) in [6, 6.07) is 5.87. The minimum atomic E-state index is -4.45. The molecule has 0 saturated heterocycles. The zero-order valence-electron chi connectivity index (χ0n) is 9.59. The molecule has 0 fully saturated rings. The smallest absolute Gasteiger partial charge is 0.428 e. The van der Waals surface area contributed by atoms with Crippen LogP contribution in [0, 0.1) is 0 Å². The number of hydrogen-bond donors (Lipinski definition) is 0. The summed E-state index contributed by atoms with van der Waals surface area (Å²) in [6.07, 6.45) is -7.46. The van der Waals surface area contributed by atoms with Gasteiger partial charge in [-0.3, -0.25) is 0 Å². The van der Waals surface area contributed by atoms with Crippen LogP contribution >= 0.6 is 0 Å². The molecule has 0 aliphatic carbocycles. The van der Waals surface area contributed by atoms with Crippen LogP contribution in [0.2, 0.25) is 0 Å². The molecule has 1 unspecified atom stereocenters. The van der Waals surface area contributed by atoms with Crippen LogP contribution in [0.3, 0.4) is 0 Å². The Morgan fingerprint density at radius 3 is 2.47 bits per heavy atom. The molecule has 5 heteroatoms. The van der Waals surface area contributed by atoms with Gasteiger partial charge in [0.2, 0.25) is 0 Å². The van der Waals surface area contributed by atoms with Crippen molar-refractivity contribution in [2.45, 2.75) is 38.7 Å². The van der Waals surface area contributed by atoms with Crippen molar-refractivity contribution in [3.8, 4) is 5.75 Å². The molecule has 1 nitrogen and oxygen atoms in total. The molecule has 0 bridgehead atoms. The van der Waals surface area contributed by atoms with Crippen LogP contribution in [0.1, 0.15) is 31.7 Å². The summed E-state index contributed by atoms with van der Waals surface area (Å²) in [5.74, 6) is -0.0770. The molecule has 96 valence electrons. The van der Waals surface area contributed by atoms with E-state index in [-0.39, 0.29) is 11.7 Å². The maximum absolute atomic E-state index is 12.7. The zero-order valence-corrected chi connectivity index (χ0v) is 9.59. The van der Waals surface area contributed by atoms with Gasteiger partial charge in [-0.15, -0.1) is 0 Å². The predicted molar refractivity (Wildman–Crippen MR) is 56.7 cm³/mol. The lowest BCUT2D eigenvalue weighted by Crippen LogP contribution is -2.33. The molecule has 1 rings (SSSR count). The van der Waals surface area contributed by atoms with Crippen LogP contribution in [0.4, 0.5) is 17.6 Å². The maximum Gasteiger partial charge on any atom is 0.461 e. The van der Waals surface area contributed by atoms with Gasteiger partial charge in [0.15, 0.2) is 0 Å². The first-order valence-corrected chi connectivity index (χ1v) is 5.31. The lowest BCUT2D eigenvalue weighted by molar-refractivity contribution is -0.253. The largest absolute Gasteiger partial charge is 0.461 e. The average molecular weight is 250 g/mol. The molecule has 0 aliphatic rings. The highest BCUT2D eigenvalue weighted by molar-refractivity contribution is 5.30. The van der Waals surface area contributed by atoms with Gasteiger partial charge in [0, 0.05) is 0 Å². The summed E-state index contributed by atoms with van der Waals surface area (Å²) < 4.78 is 53.3. The van der Waals surface area contributed by atoms with E-state index < -0.39 is 12.5 Å². The van der Waals surface area contributed by atoms with Gasteiger partial charge < -0.3 is 4.74 Å². The zero-order chi connectivity index (χ0) is 13.1. The molecule has 1 aromatic rings. The maximum atomic E-state index is 12.7. The van der Waals surface area contributed by atoms with Crippen LogP contribution < -0.4 is 4.74 Å². The highest BCUT2D eigenvalue weighted by atomic mass is 19.3. The van der Waals surface area contributed by atoms with Gasteiger partial charge >= 0.3 is 12.5 Å². The second-order valence-electron chi connectivity index (χ2n) is 3.85. The van der Waals surface area contributed by atoms with Gasteiger partial charge in [-0.05, 0) is 30.0 Å². The van der Waals surface area contributed by atoms with Gasteiger partial charge in [-0.2, -0.15) is 17.6 Å². The van der Waals surface area contributed by atoms with Gasteiger partial charge in [0.1, 0.15) is 5.75 Å². The fourth-order valence-electron chi connectivity index (χ4n) is 1.32. The second-order valence-corrected chi connectivity index (χ2v) is 3.85. The Balaban J connectivity index is 2.86. The molecule has 0 spiro atoms. The van der Waals surface area contributed by atoms with Crippen LogP contribution in [0.15, 0.2) is 24.3 Å². The third kappa shape index (κ3) is 3.61. The quantitative estimate of drug-likeness (QED) is 0.702. The van der Waals surface area contributed by atoms with Crippen molar-refractivity contribution < 1.29 is 22.3 Å². The molecule has 0 aliphatic heterocycles. The number of benzene rings is 1. The Bertz CT molecular complexity index is 365. The number of hydrogen-bond acceptors (Lipinski definition) is 1. The summed E-state index contributed by atoms with van der Waals surface area (Å²) in [5.41, 5.74) is 0.787. The van der Waals surface area contributed by atoms with Crippen molar-refractivity contribution in [2.24, 2.45) is 0 Å². The molecular formula is C12H14F4O. The Kier molecular flexibility index (Phi) is 4.37. The Labute approximate surface area is 97.4 Å². The SMILES string of the molecule is CCC(C)c1cccc(OC(F)(F)C(F)F)c1. The van der Waals surface area contributed by atoms with E-state index in [0.29, 0.717) is 0 Å². The molecule has 0 N–H and O–H groups in total. The summed E-state index contributed by atoms with van der Waals surface area (Å²) >= 11 is 0. The van der Waals surface area contributed by atoms with E-state index in [1.807, 2.05) is 13.8 Å². The summed E-state index contributed by atoms with van der Waals surface area (Å²) in [5, 5.41) is 0. The molecular weight excluding hydrogens is 236 g/mol. The van der Waals surface area contributed by atoms with E-state index in [0.717, 1.165) is 12.0 Å². The predicted octanol–water partition coefficient (Wildman–Crippen LogP) is 4.44. The van der Waals surface area contributed by atoms with E-state index >= 15 is 0 Å². The van der Waals surface area contributed by atoms with E-state index in [4.69, 9.17) is 0 Å². The fraction of sp³-hybridized carbons (Fsp3) is 0.500. The Morgan fingerprint density at radius 2 is 1.94 bits per heavy atom. The molecule has 1 aromatic carbocycles. The Morgan fingerprint density at radius 1 is 1.29 bits per heavy atom. The lowest BCUT2D eigenvalue weighted by Gasteiger charge is -2.18.